The zero-order valence-electron chi connectivity index (χ0n) is 16.3. The molecule has 0 aliphatic heterocycles. The summed E-state index contributed by atoms with van der Waals surface area (Å²) in [4.78, 5) is 29.3. The predicted molar refractivity (Wildman–Crippen MR) is 118 cm³/mol. The quantitative estimate of drug-likeness (QED) is 0.330. The van der Waals surface area contributed by atoms with E-state index in [-0.39, 0.29) is 11.3 Å². The average molecular weight is 453 g/mol. The van der Waals surface area contributed by atoms with Gasteiger partial charge in [0.2, 0.25) is 0 Å². The minimum absolute atomic E-state index is 0.175. The fourth-order valence-electron chi connectivity index (χ4n) is 2.76. The normalized spacial score (nSPS) is 10.7. The zero-order chi connectivity index (χ0) is 21.8. The molecule has 4 rings (SSSR count). The maximum atomic E-state index is 12.6. The van der Waals surface area contributed by atoms with Crippen molar-refractivity contribution in [2.24, 2.45) is 7.05 Å². The number of nitrogens with zero attached hydrogens (tertiary/aromatic N) is 5. The Balaban J connectivity index is 1.49. The Morgan fingerprint density at radius 2 is 2.06 bits per heavy atom. The van der Waals surface area contributed by atoms with Gasteiger partial charge in [0, 0.05) is 36.2 Å². The molecule has 2 aromatic heterocycles. The molecule has 0 spiro atoms. The number of nitro groups is 1. The van der Waals surface area contributed by atoms with Gasteiger partial charge in [0.25, 0.3) is 11.6 Å². The molecule has 0 aliphatic carbocycles. The van der Waals surface area contributed by atoms with E-state index in [0.717, 1.165) is 22.2 Å². The minimum atomic E-state index is -0.517. The maximum absolute atomic E-state index is 12.6. The van der Waals surface area contributed by atoms with Gasteiger partial charge in [0.15, 0.2) is 10.3 Å². The molecule has 1 amide bonds. The summed E-state index contributed by atoms with van der Waals surface area (Å²) in [5.74, 6) is -0.459. The van der Waals surface area contributed by atoms with Crippen LogP contribution < -0.4 is 5.32 Å². The first-order valence-corrected chi connectivity index (χ1v) is 10.7. The molecule has 9 nitrogen and oxygen atoms in total. The van der Waals surface area contributed by atoms with Crippen molar-refractivity contribution in [1.29, 1.82) is 0 Å². The number of nitro benzene ring substituents is 1. The van der Waals surface area contributed by atoms with Crippen molar-refractivity contribution in [3.8, 4) is 0 Å². The van der Waals surface area contributed by atoms with Gasteiger partial charge in [-0.15, -0.1) is 21.5 Å². The first-order chi connectivity index (χ1) is 15.0. The highest BCUT2D eigenvalue weighted by Gasteiger charge is 2.20. The lowest BCUT2D eigenvalue weighted by atomic mass is 10.1. The molecule has 0 unspecified atom stereocenters. The highest BCUT2D eigenvalue weighted by atomic mass is 32.2. The van der Waals surface area contributed by atoms with Crippen LogP contribution in [0, 0.1) is 10.1 Å². The number of rotatable bonds is 7. The van der Waals surface area contributed by atoms with E-state index in [2.05, 4.69) is 20.5 Å². The number of aryl methyl sites for hydroxylation is 1. The van der Waals surface area contributed by atoms with Crippen molar-refractivity contribution in [2.75, 3.05) is 5.32 Å². The van der Waals surface area contributed by atoms with Crippen molar-refractivity contribution in [3.05, 3.63) is 87.2 Å². The van der Waals surface area contributed by atoms with Crippen LogP contribution in [0.4, 0.5) is 10.8 Å². The number of carbonyl (C=O) groups excluding carboxylic acids is 1. The lowest BCUT2D eigenvalue weighted by molar-refractivity contribution is -0.387. The Kier molecular flexibility index (Phi) is 6.05. The van der Waals surface area contributed by atoms with E-state index >= 15 is 0 Å². The van der Waals surface area contributed by atoms with E-state index < -0.39 is 10.8 Å². The van der Waals surface area contributed by atoms with Crippen LogP contribution in [0.15, 0.2) is 71.1 Å². The van der Waals surface area contributed by atoms with Crippen LogP contribution in [-0.4, -0.2) is 30.6 Å². The van der Waals surface area contributed by atoms with Crippen LogP contribution in [0.2, 0.25) is 0 Å². The second-order valence-corrected chi connectivity index (χ2v) is 8.64. The van der Waals surface area contributed by atoms with Gasteiger partial charge >= 0.3 is 0 Å². The molecule has 0 saturated heterocycles. The molecule has 0 atom stereocenters. The van der Waals surface area contributed by atoms with Crippen LogP contribution in [0.25, 0.3) is 0 Å². The number of aromatic nitrogens is 4. The lowest BCUT2D eigenvalue weighted by Gasteiger charge is -2.05. The number of amides is 1. The van der Waals surface area contributed by atoms with Gasteiger partial charge in [0.05, 0.1) is 9.82 Å². The van der Waals surface area contributed by atoms with E-state index in [9.17, 15) is 14.9 Å². The van der Waals surface area contributed by atoms with E-state index in [1.54, 1.807) is 23.9 Å². The van der Waals surface area contributed by atoms with Crippen LogP contribution in [0.5, 0.6) is 0 Å². The van der Waals surface area contributed by atoms with Gasteiger partial charge in [0.1, 0.15) is 6.33 Å². The SMILES string of the molecule is Cn1cnnc1Sc1ccc(C(=O)Nc2ncc(Cc3ccccc3)s2)cc1[N+](=O)[O-]. The van der Waals surface area contributed by atoms with Crippen molar-refractivity contribution < 1.29 is 9.72 Å². The molecule has 0 aliphatic rings. The summed E-state index contributed by atoms with van der Waals surface area (Å²) in [5, 5.41) is 22.9. The third-order valence-electron chi connectivity index (χ3n) is 4.28. The predicted octanol–water partition coefficient (Wildman–Crippen LogP) is 4.17. The summed E-state index contributed by atoms with van der Waals surface area (Å²) in [7, 11) is 1.75. The maximum Gasteiger partial charge on any atom is 0.284 e. The molecule has 156 valence electrons. The fourth-order valence-corrected chi connectivity index (χ4v) is 4.46. The Hall–Kier alpha value is -3.57. The Labute approximate surface area is 185 Å². The molecule has 0 radical (unpaired) electrons. The van der Waals surface area contributed by atoms with Crippen LogP contribution in [-0.2, 0) is 13.5 Å². The Bertz CT molecular complexity index is 1240. The molecule has 1 N–H and O–H groups in total. The highest BCUT2D eigenvalue weighted by Crippen LogP contribution is 2.34. The lowest BCUT2D eigenvalue weighted by Crippen LogP contribution is -2.12. The van der Waals surface area contributed by atoms with Gasteiger partial charge < -0.3 is 4.57 Å². The van der Waals surface area contributed by atoms with Gasteiger partial charge in [-0.2, -0.15) is 0 Å². The van der Waals surface area contributed by atoms with Crippen LogP contribution in [0.3, 0.4) is 0 Å². The minimum Gasteiger partial charge on any atom is -0.311 e. The van der Waals surface area contributed by atoms with E-state index in [1.807, 2.05) is 30.3 Å². The van der Waals surface area contributed by atoms with Gasteiger partial charge in [-0.05, 0) is 29.5 Å². The summed E-state index contributed by atoms with van der Waals surface area (Å²) in [6.07, 6.45) is 3.94. The van der Waals surface area contributed by atoms with Crippen molar-refractivity contribution >= 4 is 39.8 Å². The van der Waals surface area contributed by atoms with Crippen molar-refractivity contribution in [2.45, 2.75) is 16.5 Å². The molecule has 2 aromatic carbocycles. The van der Waals surface area contributed by atoms with Gasteiger partial charge in [-0.25, -0.2) is 4.98 Å². The molecular weight excluding hydrogens is 436 g/mol. The smallest absolute Gasteiger partial charge is 0.284 e. The molecule has 4 aromatic rings. The molecule has 31 heavy (non-hydrogen) atoms. The third kappa shape index (κ3) is 4.95. The number of nitrogens with one attached hydrogen (secondary N) is 1. The molecular formula is C20H16N6O3S2. The number of hydrogen-bond acceptors (Lipinski definition) is 8. The van der Waals surface area contributed by atoms with Crippen LogP contribution in [0.1, 0.15) is 20.8 Å². The summed E-state index contributed by atoms with van der Waals surface area (Å²) >= 11 is 2.48. The molecule has 0 bridgehead atoms. The van der Waals surface area contributed by atoms with E-state index in [4.69, 9.17) is 0 Å². The number of thiazole rings is 1. The topological polar surface area (TPSA) is 116 Å². The standard InChI is InChI=1S/C20H16N6O3S2/c1-25-12-22-24-20(25)31-17-8-7-14(10-16(17)26(28)29)18(27)23-19-21-11-15(30-19)9-13-5-3-2-4-6-13/h2-8,10-12H,9H2,1H3,(H,21,23,27). The summed E-state index contributed by atoms with van der Waals surface area (Å²) in [5.41, 5.74) is 1.15. The number of carbonyl (C=O) groups is 1. The average Bonchev–Trinajstić information content (AvgIpc) is 3.37. The largest absolute Gasteiger partial charge is 0.311 e. The monoisotopic (exact) mass is 452 g/mol. The fraction of sp³-hybridized carbons (Fsp3) is 0.100. The Morgan fingerprint density at radius 3 is 2.77 bits per heavy atom. The second kappa shape index (κ2) is 9.06. The zero-order valence-corrected chi connectivity index (χ0v) is 17.9. The molecule has 2 heterocycles. The third-order valence-corrected chi connectivity index (χ3v) is 6.31. The molecule has 11 heteroatoms. The van der Waals surface area contributed by atoms with Crippen LogP contribution >= 0.6 is 23.1 Å². The second-order valence-electron chi connectivity index (χ2n) is 6.51. The highest BCUT2D eigenvalue weighted by molar-refractivity contribution is 7.99. The summed E-state index contributed by atoms with van der Waals surface area (Å²) in [6.45, 7) is 0. The molecule has 0 saturated carbocycles. The summed E-state index contributed by atoms with van der Waals surface area (Å²) < 4.78 is 1.66. The van der Waals surface area contributed by atoms with Gasteiger partial charge in [-0.3, -0.25) is 20.2 Å². The van der Waals surface area contributed by atoms with E-state index in [0.29, 0.717) is 21.6 Å². The molecule has 0 fully saturated rings. The number of anilines is 1. The number of hydrogen-bond donors (Lipinski definition) is 1. The van der Waals surface area contributed by atoms with E-state index in [1.165, 1.54) is 29.8 Å². The first-order valence-electron chi connectivity index (χ1n) is 9.10. The number of benzene rings is 2. The van der Waals surface area contributed by atoms with Crippen molar-refractivity contribution in [1.82, 2.24) is 19.7 Å². The Morgan fingerprint density at radius 1 is 1.26 bits per heavy atom. The first kappa shape index (κ1) is 20.7. The summed E-state index contributed by atoms with van der Waals surface area (Å²) in [6, 6.07) is 14.3. The van der Waals surface area contributed by atoms with Gasteiger partial charge in [-0.1, -0.05) is 30.3 Å². The van der Waals surface area contributed by atoms with Crippen molar-refractivity contribution in [3.63, 3.8) is 0 Å².